The van der Waals surface area contributed by atoms with Gasteiger partial charge >= 0.3 is 0 Å². The largest absolute Gasteiger partial charge is 0.336 e. The highest BCUT2D eigenvalue weighted by molar-refractivity contribution is 7.80. The Morgan fingerprint density at radius 2 is 1.83 bits per heavy atom. The maximum absolute atomic E-state index is 12.6. The normalized spacial score (nSPS) is 16.3. The van der Waals surface area contributed by atoms with E-state index in [4.69, 9.17) is 5.73 Å². The van der Waals surface area contributed by atoms with Gasteiger partial charge in [0.2, 0.25) is 0 Å². The summed E-state index contributed by atoms with van der Waals surface area (Å²) in [7, 11) is 0. The van der Waals surface area contributed by atoms with Gasteiger partial charge in [-0.1, -0.05) is 12.1 Å². The molecule has 7 heteroatoms. The fraction of sp³-hybridized carbons (Fsp3) is 0.562. The van der Waals surface area contributed by atoms with Crippen LogP contribution in [0.1, 0.15) is 21.5 Å². The van der Waals surface area contributed by atoms with Crippen LogP contribution in [0.5, 0.6) is 0 Å². The lowest BCUT2D eigenvalue weighted by Crippen LogP contribution is -2.51. The molecule has 1 aliphatic rings. The molecule has 1 saturated heterocycles. The Morgan fingerprint density at radius 3 is 2.39 bits per heavy atom. The van der Waals surface area contributed by atoms with E-state index < -0.39 is 0 Å². The fourth-order valence-corrected chi connectivity index (χ4v) is 2.79. The summed E-state index contributed by atoms with van der Waals surface area (Å²) in [5.41, 5.74) is 9.01. The summed E-state index contributed by atoms with van der Waals surface area (Å²) in [5.74, 6) is 0.844. The van der Waals surface area contributed by atoms with E-state index in [0.29, 0.717) is 5.75 Å². The van der Waals surface area contributed by atoms with Gasteiger partial charge in [-0.05, 0) is 31.0 Å². The topological polar surface area (TPSA) is 49.6 Å². The van der Waals surface area contributed by atoms with Crippen molar-refractivity contribution >= 4 is 43.4 Å². The van der Waals surface area contributed by atoms with Gasteiger partial charge in [0, 0.05) is 50.1 Å². The summed E-state index contributed by atoms with van der Waals surface area (Å²) in [6, 6.07) is 6.03. The lowest BCUT2D eigenvalue weighted by Gasteiger charge is -2.36. The van der Waals surface area contributed by atoms with Crippen LogP contribution >= 0.6 is 37.4 Å². The van der Waals surface area contributed by atoms with Gasteiger partial charge in [0.15, 0.2) is 0 Å². The second-order valence-electron chi connectivity index (χ2n) is 5.78. The number of rotatable bonds is 4. The smallest absolute Gasteiger partial charge is 0.254 e. The Morgan fingerprint density at radius 1 is 1.22 bits per heavy atom. The van der Waals surface area contributed by atoms with Crippen molar-refractivity contribution in [3.8, 4) is 0 Å². The zero-order valence-corrected chi connectivity index (χ0v) is 16.2. The predicted octanol–water partition coefficient (Wildman–Crippen LogP) is 2.16. The van der Waals surface area contributed by atoms with E-state index in [-0.39, 0.29) is 36.8 Å². The van der Waals surface area contributed by atoms with Crippen LogP contribution < -0.4 is 5.73 Å². The van der Waals surface area contributed by atoms with E-state index in [2.05, 4.69) is 17.5 Å². The van der Waals surface area contributed by atoms with Crippen molar-refractivity contribution in [3.63, 3.8) is 0 Å². The zero-order chi connectivity index (χ0) is 15.4. The number of halogens is 2. The van der Waals surface area contributed by atoms with E-state index in [0.717, 1.165) is 43.9 Å². The number of piperazine rings is 1. The molecule has 0 bridgehead atoms. The molecule has 132 valence electrons. The first-order valence-electron chi connectivity index (χ1n) is 7.47. The molecule has 0 aromatic heterocycles. The predicted molar refractivity (Wildman–Crippen MR) is 105 cm³/mol. The van der Waals surface area contributed by atoms with Crippen LogP contribution in [0.4, 0.5) is 0 Å². The molecule has 1 atom stereocenters. The molecule has 1 aromatic carbocycles. The number of thiol groups is 1. The van der Waals surface area contributed by atoms with Crippen LogP contribution in [0.25, 0.3) is 0 Å². The van der Waals surface area contributed by atoms with E-state index in [1.165, 1.54) is 5.56 Å². The maximum Gasteiger partial charge on any atom is 0.254 e. The van der Waals surface area contributed by atoms with Crippen molar-refractivity contribution in [1.29, 1.82) is 0 Å². The quantitative estimate of drug-likeness (QED) is 0.788. The van der Waals surface area contributed by atoms with Gasteiger partial charge in [0.05, 0.1) is 0 Å². The van der Waals surface area contributed by atoms with Crippen molar-refractivity contribution in [3.05, 3.63) is 34.9 Å². The minimum Gasteiger partial charge on any atom is -0.336 e. The summed E-state index contributed by atoms with van der Waals surface area (Å²) < 4.78 is 0. The summed E-state index contributed by atoms with van der Waals surface area (Å²) in [6.07, 6.45) is 0. The number of hydrogen-bond acceptors (Lipinski definition) is 4. The SMILES string of the molecule is Cc1cccc(C(=O)N2CCN(C[C@@H](N)CS)CC2)c1C.Cl.Cl. The highest BCUT2D eigenvalue weighted by Gasteiger charge is 2.23. The van der Waals surface area contributed by atoms with Crippen LogP contribution in [-0.4, -0.2) is 60.2 Å². The lowest BCUT2D eigenvalue weighted by atomic mass is 10.0. The molecule has 0 unspecified atom stereocenters. The highest BCUT2D eigenvalue weighted by atomic mass is 35.5. The number of nitrogens with two attached hydrogens (primary N) is 1. The molecule has 0 spiro atoms. The average molecular weight is 380 g/mol. The summed E-state index contributed by atoms with van der Waals surface area (Å²) in [4.78, 5) is 16.9. The lowest BCUT2D eigenvalue weighted by molar-refractivity contribution is 0.0632. The van der Waals surface area contributed by atoms with Crippen molar-refractivity contribution in [2.24, 2.45) is 5.73 Å². The number of nitrogens with zero attached hydrogens (tertiary/aromatic N) is 2. The molecular formula is C16H27Cl2N3OS. The van der Waals surface area contributed by atoms with Crippen LogP contribution in [0, 0.1) is 13.8 Å². The second kappa shape index (κ2) is 10.4. The number of benzene rings is 1. The molecule has 1 amide bonds. The minimum atomic E-state index is 0. The monoisotopic (exact) mass is 379 g/mol. The van der Waals surface area contributed by atoms with Crippen LogP contribution in [0.15, 0.2) is 18.2 Å². The van der Waals surface area contributed by atoms with E-state index in [1.807, 2.05) is 36.9 Å². The molecule has 1 heterocycles. The van der Waals surface area contributed by atoms with Crippen molar-refractivity contribution in [2.75, 3.05) is 38.5 Å². The molecule has 0 radical (unpaired) electrons. The molecule has 1 aromatic rings. The molecular weight excluding hydrogens is 353 g/mol. The Kier molecular flexibility index (Phi) is 10.2. The third kappa shape index (κ3) is 5.84. The Hall–Kier alpha value is -0.460. The van der Waals surface area contributed by atoms with Crippen LogP contribution in [0.3, 0.4) is 0 Å². The number of amides is 1. The first kappa shape index (κ1) is 22.5. The Balaban J connectivity index is 0.00000242. The third-order valence-electron chi connectivity index (χ3n) is 4.22. The maximum atomic E-state index is 12.6. The Labute approximate surface area is 157 Å². The number of carbonyl (C=O) groups is 1. The highest BCUT2D eigenvalue weighted by Crippen LogP contribution is 2.16. The van der Waals surface area contributed by atoms with Gasteiger partial charge in [-0.3, -0.25) is 9.69 Å². The molecule has 4 nitrogen and oxygen atoms in total. The summed E-state index contributed by atoms with van der Waals surface area (Å²) in [6.45, 7) is 8.23. The van der Waals surface area contributed by atoms with Crippen molar-refractivity contribution in [2.45, 2.75) is 19.9 Å². The van der Waals surface area contributed by atoms with E-state index in [9.17, 15) is 4.79 Å². The second-order valence-corrected chi connectivity index (χ2v) is 6.15. The molecule has 2 N–H and O–H groups in total. The standard InChI is InChI=1S/C16H25N3OS.2ClH/c1-12-4-3-5-15(13(12)2)16(20)19-8-6-18(7-9-19)10-14(17)11-21;;/h3-5,14,21H,6-11,17H2,1-2H3;2*1H/t14-;;/m1../s1. The molecule has 2 rings (SSSR count). The van der Waals surface area contributed by atoms with Gasteiger partial charge in [-0.15, -0.1) is 24.8 Å². The van der Waals surface area contributed by atoms with E-state index in [1.54, 1.807) is 0 Å². The van der Waals surface area contributed by atoms with Crippen LogP contribution in [0.2, 0.25) is 0 Å². The first-order valence-corrected chi connectivity index (χ1v) is 8.10. The molecule has 1 aliphatic heterocycles. The summed E-state index contributed by atoms with van der Waals surface area (Å²) in [5, 5.41) is 0. The molecule has 0 aliphatic carbocycles. The minimum absolute atomic E-state index is 0. The number of aryl methyl sites for hydroxylation is 1. The van der Waals surface area contributed by atoms with Crippen LogP contribution in [-0.2, 0) is 0 Å². The molecule has 1 fully saturated rings. The third-order valence-corrected chi connectivity index (χ3v) is 4.69. The Bertz CT molecular complexity index is 508. The van der Waals surface area contributed by atoms with Crippen molar-refractivity contribution < 1.29 is 4.79 Å². The number of carbonyl (C=O) groups excluding carboxylic acids is 1. The fourth-order valence-electron chi connectivity index (χ4n) is 2.68. The van der Waals surface area contributed by atoms with Gasteiger partial charge in [0.1, 0.15) is 0 Å². The first-order chi connectivity index (χ1) is 10.0. The molecule has 0 saturated carbocycles. The van der Waals surface area contributed by atoms with Gasteiger partial charge in [-0.25, -0.2) is 0 Å². The van der Waals surface area contributed by atoms with Gasteiger partial charge < -0.3 is 10.6 Å². The zero-order valence-electron chi connectivity index (χ0n) is 13.7. The van der Waals surface area contributed by atoms with Crippen molar-refractivity contribution in [1.82, 2.24) is 9.80 Å². The average Bonchev–Trinajstić information content (AvgIpc) is 2.50. The van der Waals surface area contributed by atoms with Gasteiger partial charge in [-0.2, -0.15) is 12.6 Å². The van der Waals surface area contributed by atoms with Gasteiger partial charge in [0.25, 0.3) is 5.91 Å². The summed E-state index contributed by atoms with van der Waals surface area (Å²) >= 11 is 4.22. The van der Waals surface area contributed by atoms with E-state index >= 15 is 0 Å². The molecule has 23 heavy (non-hydrogen) atoms. The number of hydrogen-bond donors (Lipinski definition) is 2.